The lowest BCUT2D eigenvalue weighted by atomic mass is 10.1. The molecule has 0 radical (unpaired) electrons. The fourth-order valence-electron chi connectivity index (χ4n) is 3.13. The van der Waals surface area contributed by atoms with Crippen LogP contribution in [0, 0.1) is 0 Å². The smallest absolute Gasteiger partial charge is 0.306 e. The minimum atomic E-state index is -0.371. The third-order valence-electron chi connectivity index (χ3n) is 4.77. The van der Waals surface area contributed by atoms with E-state index in [2.05, 4.69) is 10.3 Å². The van der Waals surface area contributed by atoms with Crippen LogP contribution in [0.25, 0.3) is 10.2 Å². The summed E-state index contributed by atoms with van der Waals surface area (Å²) in [7, 11) is 0. The van der Waals surface area contributed by atoms with Gasteiger partial charge in [0.15, 0.2) is 12.4 Å². The van der Waals surface area contributed by atoms with Crippen molar-refractivity contribution in [3.05, 3.63) is 64.7 Å². The molecule has 3 aromatic rings. The highest BCUT2D eigenvalue weighted by molar-refractivity contribution is 7.18. The van der Waals surface area contributed by atoms with Crippen molar-refractivity contribution in [3.8, 4) is 0 Å². The molecule has 3 rings (SSSR count). The van der Waals surface area contributed by atoms with E-state index in [1.165, 1.54) is 6.92 Å². The summed E-state index contributed by atoms with van der Waals surface area (Å²) in [5, 5.41) is 3.76. The second kappa shape index (κ2) is 11.4. The summed E-state index contributed by atoms with van der Waals surface area (Å²) in [5.74, 6) is -0.624. The number of nitrogens with zero attached hydrogens (tertiary/aromatic N) is 1. The molecular weight excluding hydrogens is 412 g/mol. The number of hydrogen-bond donors (Lipinski definition) is 1. The molecule has 0 saturated heterocycles. The molecule has 0 aliphatic heterocycles. The van der Waals surface area contributed by atoms with Crippen LogP contribution in [-0.4, -0.2) is 35.8 Å². The lowest BCUT2D eigenvalue weighted by Gasteiger charge is -2.06. The lowest BCUT2D eigenvalue weighted by molar-refractivity contribution is -0.142. The molecule has 162 valence electrons. The van der Waals surface area contributed by atoms with E-state index in [0.717, 1.165) is 33.6 Å². The maximum absolute atomic E-state index is 12.3. The zero-order valence-electron chi connectivity index (χ0n) is 17.6. The number of ketones is 1. The molecule has 0 aliphatic rings. The predicted molar refractivity (Wildman–Crippen MR) is 121 cm³/mol. The number of thiazole rings is 1. The van der Waals surface area contributed by atoms with Crippen LogP contribution in [0.3, 0.4) is 0 Å². The molecule has 2 aromatic carbocycles. The summed E-state index contributed by atoms with van der Waals surface area (Å²) >= 11 is 1.64. The summed E-state index contributed by atoms with van der Waals surface area (Å²) in [6, 6.07) is 15.2. The maximum Gasteiger partial charge on any atom is 0.306 e. The zero-order chi connectivity index (χ0) is 22.1. The molecule has 0 atom stereocenters. The fourth-order valence-corrected chi connectivity index (χ4v) is 4.14. The standard InChI is InChI=1S/C24H26N2O4S/c1-17(27)25-15-5-6-18-11-13-19(14-12-18)21(28)16-30-24(29)10-4-9-23-26-20-7-2-3-8-22(20)31-23/h2-3,7-8,11-14H,4-6,9-10,15-16H2,1H3,(H,25,27). The van der Waals surface area contributed by atoms with Gasteiger partial charge in [-0.25, -0.2) is 4.98 Å². The van der Waals surface area contributed by atoms with Gasteiger partial charge in [0.1, 0.15) is 0 Å². The number of benzene rings is 2. The number of aromatic nitrogens is 1. The predicted octanol–water partition coefficient (Wildman–Crippen LogP) is 4.11. The fraction of sp³-hybridized carbons (Fsp3) is 0.333. The topological polar surface area (TPSA) is 85.4 Å². The number of nitrogens with one attached hydrogen (secondary N) is 1. The summed E-state index contributed by atoms with van der Waals surface area (Å²) < 4.78 is 6.28. The van der Waals surface area contributed by atoms with Crippen LogP contribution in [0.15, 0.2) is 48.5 Å². The average Bonchev–Trinajstić information content (AvgIpc) is 3.18. The van der Waals surface area contributed by atoms with Crippen LogP contribution in [-0.2, 0) is 27.2 Å². The van der Waals surface area contributed by atoms with E-state index in [4.69, 9.17) is 4.74 Å². The van der Waals surface area contributed by atoms with E-state index in [0.29, 0.717) is 24.9 Å². The molecule has 31 heavy (non-hydrogen) atoms. The van der Waals surface area contributed by atoms with Crippen LogP contribution < -0.4 is 5.32 Å². The summed E-state index contributed by atoms with van der Waals surface area (Å²) in [6.07, 6.45) is 3.27. The van der Waals surface area contributed by atoms with Crippen LogP contribution >= 0.6 is 11.3 Å². The number of carbonyl (C=O) groups is 3. The lowest BCUT2D eigenvalue weighted by Crippen LogP contribution is -2.21. The Bertz CT molecular complexity index is 1010. The molecule has 1 heterocycles. The van der Waals surface area contributed by atoms with E-state index >= 15 is 0 Å². The van der Waals surface area contributed by atoms with Crippen LogP contribution in [0.4, 0.5) is 0 Å². The molecule has 0 saturated carbocycles. The molecule has 1 aromatic heterocycles. The average molecular weight is 439 g/mol. The third-order valence-corrected chi connectivity index (χ3v) is 5.86. The Hall–Kier alpha value is -3.06. The van der Waals surface area contributed by atoms with Crippen molar-refractivity contribution >= 4 is 39.2 Å². The first-order valence-corrected chi connectivity index (χ1v) is 11.2. The van der Waals surface area contributed by atoms with Gasteiger partial charge in [-0.2, -0.15) is 0 Å². The monoisotopic (exact) mass is 438 g/mol. The van der Waals surface area contributed by atoms with Gasteiger partial charge in [-0.1, -0.05) is 36.4 Å². The van der Waals surface area contributed by atoms with Crippen molar-refractivity contribution in [2.45, 2.75) is 39.0 Å². The first-order valence-electron chi connectivity index (χ1n) is 10.4. The van der Waals surface area contributed by atoms with Crippen molar-refractivity contribution in [2.24, 2.45) is 0 Å². The second-order valence-corrected chi connectivity index (χ2v) is 8.41. The Kier molecular flexibility index (Phi) is 8.29. The quantitative estimate of drug-likeness (QED) is 0.277. The summed E-state index contributed by atoms with van der Waals surface area (Å²) in [6.45, 7) is 1.88. The second-order valence-electron chi connectivity index (χ2n) is 7.30. The Morgan fingerprint density at radius 1 is 1.00 bits per heavy atom. The molecule has 1 N–H and O–H groups in total. The first-order chi connectivity index (χ1) is 15.0. The molecule has 0 bridgehead atoms. The normalized spacial score (nSPS) is 10.7. The number of fused-ring (bicyclic) bond motifs is 1. The van der Waals surface area contributed by atoms with Gasteiger partial charge < -0.3 is 10.1 Å². The highest BCUT2D eigenvalue weighted by atomic mass is 32.1. The van der Waals surface area contributed by atoms with Gasteiger partial charge in [0.05, 0.1) is 15.2 Å². The van der Waals surface area contributed by atoms with Crippen molar-refractivity contribution < 1.29 is 19.1 Å². The zero-order valence-corrected chi connectivity index (χ0v) is 18.4. The Morgan fingerprint density at radius 3 is 2.52 bits per heavy atom. The van der Waals surface area contributed by atoms with Gasteiger partial charge in [0, 0.05) is 25.5 Å². The summed E-state index contributed by atoms with van der Waals surface area (Å²) in [4.78, 5) is 39.6. The highest BCUT2D eigenvalue weighted by Crippen LogP contribution is 2.22. The number of amides is 1. The summed E-state index contributed by atoms with van der Waals surface area (Å²) in [5.41, 5.74) is 2.59. The number of aryl methyl sites for hydroxylation is 2. The number of hydrogen-bond acceptors (Lipinski definition) is 6. The largest absolute Gasteiger partial charge is 0.457 e. The molecule has 0 spiro atoms. The van der Waals surface area contributed by atoms with Gasteiger partial charge in [-0.05, 0) is 43.4 Å². The van der Waals surface area contributed by atoms with E-state index in [1.54, 1.807) is 23.5 Å². The van der Waals surface area contributed by atoms with Crippen LogP contribution in [0.2, 0.25) is 0 Å². The van der Waals surface area contributed by atoms with E-state index < -0.39 is 0 Å². The molecule has 1 amide bonds. The molecule has 7 heteroatoms. The number of Topliss-reactive ketones (excluding diaryl/α,β-unsaturated/α-hetero) is 1. The number of rotatable bonds is 11. The van der Waals surface area contributed by atoms with E-state index in [1.807, 2.05) is 36.4 Å². The van der Waals surface area contributed by atoms with Gasteiger partial charge in [0.2, 0.25) is 5.91 Å². The van der Waals surface area contributed by atoms with Crippen molar-refractivity contribution in [1.29, 1.82) is 0 Å². The van der Waals surface area contributed by atoms with E-state index in [9.17, 15) is 14.4 Å². The highest BCUT2D eigenvalue weighted by Gasteiger charge is 2.11. The Morgan fingerprint density at radius 2 is 1.77 bits per heavy atom. The minimum Gasteiger partial charge on any atom is -0.457 e. The van der Waals surface area contributed by atoms with Gasteiger partial charge in [0.25, 0.3) is 0 Å². The molecule has 0 fully saturated rings. The first kappa shape index (κ1) is 22.6. The van der Waals surface area contributed by atoms with Crippen LogP contribution in [0.1, 0.15) is 47.1 Å². The number of esters is 1. The van der Waals surface area contributed by atoms with Crippen LogP contribution in [0.5, 0.6) is 0 Å². The van der Waals surface area contributed by atoms with Crippen molar-refractivity contribution in [1.82, 2.24) is 10.3 Å². The number of ether oxygens (including phenoxy) is 1. The molecule has 0 unspecified atom stereocenters. The van der Waals surface area contributed by atoms with E-state index in [-0.39, 0.29) is 30.7 Å². The number of carbonyl (C=O) groups excluding carboxylic acids is 3. The van der Waals surface area contributed by atoms with Gasteiger partial charge in [-0.15, -0.1) is 11.3 Å². The molecule has 6 nitrogen and oxygen atoms in total. The molecular formula is C24H26N2O4S. The Labute approximate surface area is 185 Å². The van der Waals surface area contributed by atoms with Crippen molar-refractivity contribution in [3.63, 3.8) is 0 Å². The minimum absolute atomic E-state index is 0.0350. The molecule has 0 aliphatic carbocycles. The number of para-hydroxylation sites is 1. The van der Waals surface area contributed by atoms with Gasteiger partial charge in [-0.3, -0.25) is 14.4 Å². The maximum atomic E-state index is 12.3. The SMILES string of the molecule is CC(=O)NCCCc1ccc(C(=O)COC(=O)CCCc2nc3ccccc3s2)cc1. The van der Waals surface area contributed by atoms with Gasteiger partial charge >= 0.3 is 5.97 Å². The Balaban J connectivity index is 1.35. The third kappa shape index (κ3) is 7.29. The van der Waals surface area contributed by atoms with Crippen molar-refractivity contribution in [2.75, 3.05) is 13.2 Å².